The first kappa shape index (κ1) is 18.5. The predicted molar refractivity (Wildman–Crippen MR) is 102 cm³/mol. The third-order valence-corrected chi connectivity index (χ3v) is 4.68. The summed E-state index contributed by atoms with van der Waals surface area (Å²) in [6, 6.07) is 10.3. The van der Waals surface area contributed by atoms with Gasteiger partial charge in [-0.15, -0.1) is 0 Å². The summed E-state index contributed by atoms with van der Waals surface area (Å²) in [7, 11) is 3.22. The van der Waals surface area contributed by atoms with E-state index in [-0.39, 0.29) is 12.0 Å². The second-order valence-electron chi connectivity index (χ2n) is 7.38. The van der Waals surface area contributed by atoms with Gasteiger partial charge in [-0.1, -0.05) is 26.0 Å². The molecule has 0 aliphatic carbocycles. The molecule has 26 heavy (non-hydrogen) atoms. The van der Waals surface area contributed by atoms with Crippen LogP contribution in [-0.2, 0) is 13.1 Å². The molecule has 0 radical (unpaired) electrons. The predicted octanol–water partition coefficient (Wildman–Crippen LogP) is 3.37. The topological polar surface area (TPSA) is 60.0 Å². The van der Waals surface area contributed by atoms with E-state index in [2.05, 4.69) is 23.5 Å². The highest BCUT2D eigenvalue weighted by Crippen LogP contribution is 2.45. The van der Waals surface area contributed by atoms with Gasteiger partial charge in [0, 0.05) is 24.1 Å². The Labute approximate surface area is 154 Å². The molecule has 140 valence electrons. The molecule has 2 aromatic carbocycles. The highest BCUT2D eigenvalue weighted by Gasteiger charge is 2.23. The fourth-order valence-electron chi connectivity index (χ4n) is 3.04. The molecular formula is C21H27NO4. The average Bonchev–Trinajstić information content (AvgIpc) is 3.13. The lowest BCUT2D eigenvalue weighted by atomic mass is 9.96. The Hall–Kier alpha value is -2.24. The van der Waals surface area contributed by atoms with Crippen LogP contribution in [0.4, 0.5) is 0 Å². The molecule has 3 rings (SSSR count). The summed E-state index contributed by atoms with van der Waals surface area (Å²) in [5.41, 5.74) is 4.31. The molecule has 0 saturated heterocycles. The summed E-state index contributed by atoms with van der Waals surface area (Å²) in [6.07, 6.45) is 0. The van der Waals surface area contributed by atoms with Crippen LogP contribution in [0.3, 0.4) is 0 Å². The average molecular weight is 357 g/mol. The van der Waals surface area contributed by atoms with Crippen LogP contribution in [0, 0.1) is 5.41 Å². The first-order valence-corrected chi connectivity index (χ1v) is 8.80. The number of benzene rings is 2. The first-order chi connectivity index (χ1) is 12.5. The molecule has 1 aliphatic heterocycles. The fraction of sp³-hybridized carbons (Fsp3) is 0.429. The van der Waals surface area contributed by atoms with E-state index in [1.165, 1.54) is 11.1 Å². The highest BCUT2D eigenvalue weighted by molar-refractivity contribution is 5.77. The van der Waals surface area contributed by atoms with Crippen LogP contribution in [0.1, 0.15) is 25.0 Å². The minimum absolute atomic E-state index is 0.0408. The zero-order valence-corrected chi connectivity index (χ0v) is 15.9. The largest absolute Gasteiger partial charge is 0.493 e. The standard InChI is InChI=1S/C21H27NO4/c1-21(2,12-23)13-26-19-17(7-8-18(24-3)20(19)25-4)14-5-6-15-10-22-11-16(15)9-14/h5-9,22-23H,10-13H2,1-4H3. The Balaban J connectivity index is 2.06. The van der Waals surface area contributed by atoms with E-state index in [9.17, 15) is 5.11 Å². The third-order valence-electron chi connectivity index (χ3n) is 4.68. The zero-order valence-electron chi connectivity index (χ0n) is 15.9. The van der Waals surface area contributed by atoms with Crippen LogP contribution < -0.4 is 19.5 Å². The molecule has 5 nitrogen and oxygen atoms in total. The van der Waals surface area contributed by atoms with Crippen molar-refractivity contribution in [1.82, 2.24) is 5.32 Å². The van der Waals surface area contributed by atoms with Crippen molar-refractivity contribution in [3.8, 4) is 28.4 Å². The van der Waals surface area contributed by atoms with Gasteiger partial charge in [0.2, 0.25) is 5.75 Å². The van der Waals surface area contributed by atoms with Gasteiger partial charge in [-0.25, -0.2) is 0 Å². The lowest BCUT2D eigenvalue weighted by Gasteiger charge is -2.24. The molecule has 0 aromatic heterocycles. The molecule has 0 fully saturated rings. The maximum Gasteiger partial charge on any atom is 0.203 e. The number of nitrogens with one attached hydrogen (secondary N) is 1. The number of rotatable bonds is 7. The monoisotopic (exact) mass is 357 g/mol. The molecule has 0 unspecified atom stereocenters. The van der Waals surface area contributed by atoms with Crippen molar-refractivity contribution in [3.63, 3.8) is 0 Å². The Morgan fingerprint density at radius 3 is 2.46 bits per heavy atom. The number of hydrogen-bond donors (Lipinski definition) is 2. The lowest BCUT2D eigenvalue weighted by molar-refractivity contribution is 0.0959. The molecule has 1 aliphatic rings. The van der Waals surface area contributed by atoms with Gasteiger partial charge < -0.3 is 24.6 Å². The van der Waals surface area contributed by atoms with E-state index in [1.54, 1.807) is 14.2 Å². The third kappa shape index (κ3) is 3.64. The van der Waals surface area contributed by atoms with Crippen molar-refractivity contribution < 1.29 is 19.3 Å². The minimum Gasteiger partial charge on any atom is -0.493 e. The van der Waals surface area contributed by atoms with Crippen molar-refractivity contribution in [2.75, 3.05) is 27.4 Å². The van der Waals surface area contributed by atoms with Gasteiger partial charge >= 0.3 is 0 Å². The van der Waals surface area contributed by atoms with E-state index in [0.717, 1.165) is 24.2 Å². The molecule has 1 heterocycles. The summed E-state index contributed by atoms with van der Waals surface area (Å²) in [4.78, 5) is 0. The molecule has 2 aromatic rings. The van der Waals surface area contributed by atoms with Crippen LogP contribution in [0.25, 0.3) is 11.1 Å². The van der Waals surface area contributed by atoms with Gasteiger partial charge in [0.1, 0.15) is 0 Å². The number of fused-ring (bicyclic) bond motifs is 1. The molecule has 0 spiro atoms. The summed E-state index contributed by atoms with van der Waals surface area (Å²) in [6.45, 7) is 6.12. The number of hydrogen-bond acceptors (Lipinski definition) is 5. The van der Waals surface area contributed by atoms with Crippen LogP contribution in [-0.4, -0.2) is 32.5 Å². The highest BCUT2D eigenvalue weighted by atomic mass is 16.5. The molecular weight excluding hydrogens is 330 g/mol. The number of aliphatic hydroxyl groups is 1. The SMILES string of the molecule is COc1ccc(-c2ccc3c(c2)CNC3)c(OCC(C)(C)CO)c1OC. The Bertz CT molecular complexity index is 786. The molecule has 0 atom stereocenters. The molecule has 5 heteroatoms. The fourth-order valence-corrected chi connectivity index (χ4v) is 3.04. The molecule has 0 saturated carbocycles. The number of aliphatic hydroxyl groups excluding tert-OH is 1. The van der Waals surface area contributed by atoms with Crippen LogP contribution >= 0.6 is 0 Å². The van der Waals surface area contributed by atoms with Crippen LogP contribution in [0.15, 0.2) is 30.3 Å². The van der Waals surface area contributed by atoms with Crippen molar-refractivity contribution >= 4 is 0 Å². The summed E-state index contributed by atoms with van der Waals surface area (Å²) >= 11 is 0. The molecule has 2 N–H and O–H groups in total. The van der Waals surface area contributed by atoms with Crippen molar-refractivity contribution in [2.24, 2.45) is 5.41 Å². The second-order valence-corrected chi connectivity index (χ2v) is 7.38. The van der Waals surface area contributed by atoms with Crippen molar-refractivity contribution in [2.45, 2.75) is 26.9 Å². The van der Waals surface area contributed by atoms with Crippen LogP contribution in [0.5, 0.6) is 17.2 Å². The maximum absolute atomic E-state index is 9.55. The Morgan fingerprint density at radius 1 is 1.00 bits per heavy atom. The zero-order chi connectivity index (χ0) is 18.7. The van der Waals surface area contributed by atoms with Crippen LogP contribution in [0.2, 0.25) is 0 Å². The second kappa shape index (κ2) is 7.56. The summed E-state index contributed by atoms with van der Waals surface area (Å²) < 4.78 is 17.2. The summed E-state index contributed by atoms with van der Waals surface area (Å²) in [5, 5.41) is 12.9. The van der Waals surface area contributed by atoms with E-state index in [0.29, 0.717) is 23.9 Å². The van der Waals surface area contributed by atoms with E-state index >= 15 is 0 Å². The van der Waals surface area contributed by atoms with Gasteiger partial charge in [-0.3, -0.25) is 0 Å². The lowest BCUT2D eigenvalue weighted by Crippen LogP contribution is -2.25. The molecule has 0 amide bonds. The molecule has 0 bridgehead atoms. The van der Waals surface area contributed by atoms with Gasteiger partial charge in [0.15, 0.2) is 11.5 Å². The number of ether oxygens (including phenoxy) is 3. The smallest absolute Gasteiger partial charge is 0.203 e. The quantitative estimate of drug-likeness (QED) is 0.796. The van der Waals surface area contributed by atoms with E-state index < -0.39 is 0 Å². The Morgan fingerprint density at radius 2 is 1.77 bits per heavy atom. The van der Waals surface area contributed by atoms with Gasteiger partial charge in [0.25, 0.3) is 0 Å². The Kier molecular flexibility index (Phi) is 5.39. The minimum atomic E-state index is -0.354. The first-order valence-electron chi connectivity index (χ1n) is 8.80. The number of methoxy groups -OCH3 is 2. The maximum atomic E-state index is 9.55. The van der Waals surface area contributed by atoms with E-state index in [4.69, 9.17) is 14.2 Å². The normalized spacial score (nSPS) is 13.4. The summed E-state index contributed by atoms with van der Waals surface area (Å²) in [5.74, 6) is 1.83. The van der Waals surface area contributed by atoms with Gasteiger partial charge in [0.05, 0.1) is 27.4 Å². The van der Waals surface area contributed by atoms with E-state index in [1.807, 2.05) is 26.0 Å². The van der Waals surface area contributed by atoms with Crippen molar-refractivity contribution in [3.05, 3.63) is 41.5 Å². The van der Waals surface area contributed by atoms with Crippen molar-refractivity contribution in [1.29, 1.82) is 0 Å². The van der Waals surface area contributed by atoms with Gasteiger partial charge in [-0.05, 0) is 34.9 Å². The van der Waals surface area contributed by atoms with Gasteiger partial charge in [-0.2, -0.15) is 0 Å².